The summed E-state index contributed by atoms with van der Waals surface area (Å²) in [6, 6.07) is 4.90. The average molecular weight is 519 g/mol. The van der Waals surface area contributed by atoms with E-state index in [2.05, 4.69) is 25.2 Å². The molecule has 4 aromatic rings. The second-order valence-corrected chi connectivity index (χ2v) is 8.03. The molecule has 0 fully saturated rings. The van der Waals surface area contributed by atoms with Gasteiger partial charge >= 0.3 is 6.61 Å². The molecule has 0 unspecified atom stereocenters. The Balaban J connectivity index is 1.81. The maximum atomic E-state index is 14.1. The van der Waals surface area contributed by atoms with Crippen LogP contribution < -0.4 is 10.1 Å². The summed E-state index contributed by atoms with van der Waals surface area (Å²) in [7, 11) is 3.06. The van der Waals surface area contributed by atoms with Crippen LogP contribution >= 0.6 is 0 Å². The molecule has 4 rings (SSSR count). The quantitative estimate of drug-likeness (QED) is 0.339. The summed E-state index contributed by atoms with van der Waals surface area (Å²) in [6.07, 6.45) is 3.64. The first-order valence-electron chi connectivity index (χ1n) is 10.8. The number of carbonyl (C=O) groups is 2. The van der Waals surface area contributed by atoms with Gasteiger partial charge in [-0.05, 0) is 23.8 Å². The number of carbonyl (C=O) groups excluding carboxylic acids is 2. The fourth-order valence-electron chi connectivity index (χ4n) is 3.47. The maximum Gasteiger partial charge on any atom is 0.387 e. The van der Waals surface area contributed by atoms with E-state index < -0.39 is 25.4 Å². The van der Waals surface area contributed by atoms with Crippen molar-refractivity contribution >= 4 is 23.1 Å². The third-order valence-electron chi connectivity index (χ3n) is 5.30. The summed E-state index contributed by atoms with van der Waals surface area (Å²) < 4.78 is 60.6. The Hall–Kier alpha value is -4.49. The largest absolute Gasteiger partial charge is 0.434 e. The van der Waals surface area contributed by atoms with Crippen molar-refractivity contribution < 1.29 is 31.9 Å². The van der Waals surface area contributed by atoms with Crippen molar-refractivity contribution in [3.8, 4) is 17.0 Å². The van der Waals surface area contributed by atoms with Crippen LogP contribution in [0.3, 0.4) is 0 Å². The Labute approximate surface area is 207 Å². The maximum absolute atomic E-state index is 14.1. The zero-order valence-corrected chi connectivity index (χ0v) is 19.6. The average Bonchev–Trinajstić information content (AvgIpc) is 3.47. The number of hydrogen-bond donors (Lipinski definition) is 1. The second kappa shape index (κ2) is 10.6. The van der Waals surface area contributed by atoms with Gasteiger partial charge in [0.05, 0.1) is 11.9 Å². The number of nitrogens with one attached hydrogen (secondary N) is 1. The highest BCUT2D eigenvalue weighted by Crippen LogP contribution is 2.38. The van der Waals surface area contributed by atoms with E-state index in [1.165, 1.54) is 46.8 Å². The molecule has 14 heteroatoms. The van der Waals surface area contributed by atoms with Crippen LogP contribution in [0.25, 0.3) is 16.9 Å². The normalized spacial score (nSPS) is 12.1. The lowest BCUT2D eigenvalue weighted by Crippen LogP contribution is -2.26. The summed E-state index contributed by atoms with van der Waals surface area (Å²) in [4.78, 5) is 30.8. The Morgan fingerprint density at radius 1 is 1.22 bits per heavy atom. The summed E-state index contributed by atoms with van der Waals surface area (Å²) >= 11 is 0. The third kappa shape index (κ3) is 5.52. The molecule has 0 saturated carbocycles. The number of fused-ring (bicyclic) bond motifs is 1. The van der Waals surface area contributed by atoms with Crippen molar-refractivity contribution in [1.82, 2.24) is 29.3 Å². The van der Waals surface area contributed by atoms with Crippen molar-refractivity contribution in [2.75, 3.05) is 26.1 Å². The highest BCUT2D eigenvalue weighted by Gasteiger charge is 2.24. The molecule has 0 spiro atoms. The monoisotopic (exact) mass is 519 g/mol. The summed E-state index contributed by atoms with van der Waals surface area (Å²) in [6.45, 7) is -4.83. The first-order valence-corrected chi connectivity index (χ1v) is 10.8. The number of alkyl halides is 4. The van der Waals surface area contributed by atoms with E-state index in [1.807, 2.05) is 0 Å². The van der Waals surface area contributed by atoms with Crippen molar-refractivity contribution in [2.24, 2.45) is 0 Å². The molecule has 194 valence electrons. The predicted molar refractivity (Wildman–Crippen MR) is 124 cm³/mol. The molecular formula is C23H21F4N7O3. The van der Waals surface area contributed by atoms with Crippen molar-refractivity contribution in [1.29, 1.82) is 0 Å². The molecule has 0 aliphatic carbocycles. The van der Waals surface area contributed by atoms with E-state index in [1.54, 1.807) is 12.3 Å². The first kappa shape index (κ1) is 25.6. The number of nitrogens with zero attached hydrogens (tertiary/aromatic N) is 6. The molecule has 3 heterocycles. The SMILES string of the molecule is CN(C)C(=O)Cn1cc(NC(=O)c2cnn3cccnc23)c(-c2cc([C@@H](F)CF)ccc2OC(F)F)n1. The lowest BCUT2D eigenvalue weighted by atomic mass is 10.0. The van der Waals surface area contributed by atoms with Gasteiger partial charge in [0.2, 0.25) is 5.91 Å². The minimum atomic E-state index is -3.23. The number of aromatic nitrogens is 5. The van der Waals surface area contributed by atoms with Gasteiger partial charge in [-0.1, -0.05) is 6.07 Å². The molecule has 0 aliphatic heterocycles. The van der Waals surface area contributed by atoms with E-state index in [4.69, 9.17) is 0 Å². The van der Waals surface area contributed by atoms with Crippen LogP contribution in [-0.4, -0.2) is 68.5 Å². The lowest BCUT2D eigenvalue weighted by molar-refractivity contribution is -0.129. The van der Waals surface area contributed by atoms with Gasteiger partial charge in [-0.3, -0.25) is 14.3 Å². The van der Waals surface area contributed by atoms with Gasteiger partial charge < -0.3 is 15.0 Å². The van der Waals surface area contributed by atoms with Gasteiger partial charge in [0, 0.05) is 38.2 Å². The number of rotatable bonds is 9. The van der Waals surface area contributed by atoms with E-state index >= 15 is 0 Å². The number of likely N-dealkylation sites (N-methyl/N-ethyl adjacent to an activating group) is 1. The van der Waals surface area contributed by atoms with Crippen molar-refractivity contribution in [2.45, 2.75) is 19.3 Å². The molecular weight excluding hydrogens is 498 g/mol. The molecule has 1 aromatic carbocycles. The van der Waals surface area contributed by atoms with E-state index in [-0.39, 0.29) is 51.9 Å². The summed E-state index contributed by atoms with van der Waals surface area (Å²) in [5, 5.41) is 10.9. The third-order valence-corrected chi connectivity index (χ3v) is 5.30. The molecule has 1 N–H and O–H groups in total. The molecule has 1 atom stereocenters. The minimum Gasteiger partial charge on any atom is -0.434 e. The van der Waals surface area contributed by atoms with Crippen LogP contribution in [0.2, 0.25) is 0 Å². The van der Waals surface area contributed by atoms with Gasteiger partial charge in [-0.25, -0.2) is 18.3 Å². The molecule has 10 nitrogen and oxygen atoms in total. The highest BCUT2D eigenvalue weighted by atomic mass is 19.3. The Morgan fingerprint density at radius 3 is 2.70 bits per heavy atom. The van der Waals surface area contributed by atoms with Crippen LogP contribution in [0.15, 0.2) is 49.1 Å². The van der Waals surface area contributed by atoms with Gasteiger partial charge in [0.15, 0.2) is 11.8 Å². The zero-order chi connectivity index (χ0) is 26.7. The van der Waals surface area contributed by atoms with Crippen molar-refractivity contribution in [3.63, 3.8) is 0 Å². The fraction of sp³-hybridized carbons (Fsp3) is 0.261. The van der Waals surface area contributed by atoms with Gasteiger partial charge in [0.1, 0.15) is 30.2 Å². The summed E-state index contributed by atoms with van der Waals surface area (Å²) in [5.74, 6) is -1.40. The Morgan fingerprint density at radius 2 is 2.00 bits per heavy atom. The fourth-order valence-corrected chi connectivity index (χ4v) is 3.47. The van der Waals surface area contributed by atoms with Crippen LogP contribution in [0.4, 0.5) is 23.2 Å². The van der Waals surface area contributed by atoms with Gasteiger partial charge in [-0.2, -0.15) is 19.0 Å². The lowest BCUT2D eigenvalue weighted by Gasteiger charge is -2.14. The molecule has 0 radical (unpaired) electrons. The van der Waals surface area contributed by atoms with E-state index in [9.17, 15) is 27.2 Å². The molecule has 37 heavy (non-hydrogen) atoms. The molecule has 0 aliphatic rings. The van der Waals surface area contributed by atoms with Gasteiger partial charge in [0.25, 0.3) is 5.91 Å². The van der Waals surface area contributed by atoms with Crippen LogP contribution in [0, 0.1) is 0 Å². The molecule has 3 aromatic heterocycles. The standard InChI is InChI=1S/C23H21F4N7O3/c1-32(2)19(35)12-33-11-17(30-22(36)15-10-29-34-7-3-6-28-21(15)34)20(31-33)14-8-13(16(25)9-24)4-5-18(14)37-23(26)27/h3-8,10-11,16,23H,9,12H2,1-2H3,(H,30,36)/t16-/m0/s1. The highest BCUT2D eigenvalue weighted by molar-refractivity contribution is 6.09. The first-order chi connectivity index (χ1) is 17.7. The number of anilines is 1. The number of benzene rings is 1. The van der Waals surface area contributed by atoms with Crippen LogP contribution in [-0.2, 0) is 11.3 Å². The minimum absolute atomic E-state index is 0.00115. The van der Waals surface area contributed by atoms with E-state index in [0.717, 1.165) is 18.2 Å². The van der Waals surface area contributed by atoms with E-state index in [0.29, 0.717) is 0 Å². The predicted octanol–water partition coefficient (Wildman–Crippen LogP) is 3.51. The molecule has 0 bridgehead atoms. The number of halogens is 4. The van der Waals surface area contributed by atoms with Crippen LogP contribution in [0.1, 0.15) is 22.1 Å². The summed E-state index contributed by atoms with van der Waals surface area (Å²) in [5.41, 5.74) is -0.0431. The number of amides is 2. The van der Waals surface area contributed by atoms with Gasteiger partial charge in [-0.15, -0.1) is 0 Å². The van der Waals surface area contributed by atoms with Crippen molar-refractivity contribution in [3.05, 3.63) is 60.2 Å². The number of ether oxygens (including phenoxy) is 1. The number of hydrogen-bond acceptors (Lipinski definition) is 6. The smallest absolute Gasteiger partial charge is 0.387 e. The Bertz CT molecular complexity index is 1440. The zero-order valence-electron chi connectivity index (χ0n) is 19.6. The molecule has 0 saturated heterocycles. The Kier molecular flexibility index (Phi) is 7.36. The topological polar surface area (TPSA) is 107 Å². The second-order valence-electron chi connectivity index (χ2n) is 8.03. The van der Waals surface area contributed by atoms with Crippen LogP contribution in [0.5, 0.6) is 5.75 Å². The molecule has 2 amide bonds.